The molecular weight excluding hydrogens is 458 g/mol. The Morgan fingerprint density at radius 3 is 2.37 bits per heavy atom. The quantitative estimate of drug-likeness (QED) is 0.211. The highest BCUT2D eigenvalue weighted by molar-refractivity contribution is 6.11. The minimum atomic E-state index is -0.201. The summed E-state index contributed by atoms with van der Waals surface area (Å²) in [5.41, 5.74) is 9.44. The standard InChI is InChI=1S/C37H33N/c1-37(2)33-9-4-3-6-28(33)29-11-10-23(19-34(29)37)26-7-5-8-30-27(26)12-13-31-35-25-17-21-14-22(18-25)16-24(15-21)32(35)20-38-36(30)31/h3-13,19-22,24-25H,14-18H2,1-2H3/i5D,7D,12D,13D. The van der Waals surface area contributed by atoms with Gasteiger partial charge in [0.2, 0.25) is 0 Å². The SMILES string of the molecule is [2H]c1cc2c(c([2H])c([2H])c3c4c(cnc32)C2CC3CC(C2)CC4C3)c(-c2ccc3c(c2)C(C)(C)c2ccccc2-3)c1[2H]. The normalized spacial score (nSPS) is 27.3. The molecule has 5 aliphatic rings. The molecule has 1 heteroatoms. The van der Waals surface area contributed by atoms with Gasteiger partial charge in [0.25, 0.3) is 0 Å². The molecule has 0 saturated heterocycles. The molecule has 5 aromatic rings. The third-order valence-corrected chi connectivity index (χ3v) is 10.5. The molecule has 4 aromatic carbocycles. The zero-order valence-corrected chi connectivity index (χ0v) is 22.0. The van der Waals surface area contributed by atoms with Gasteiger partial charge in [-0.15, -0.1) is 0 Å². The highest BCUT2D eigenvalue weighted by atomic mass is 14.7. The first-order valence-corrected chi connectivity index (χ1v) is 14.3. The molecule has 0 aliphatic heterocycles. The Bertz CT molecular complexity index is 2010. The van der Waals surface area contributed by atoms with E-state index in [9.17, 15) is 2.74 Å². The average molecular weight is 496 g/mol. The Balaban J connectivity index is 1.33. The number of pyridine rings is 1. The van der Waals surface area contributed by atoms with Gasteiger partial charge in [0, 0.05) is 22.4 Å². The molecule has 2 atom stereocenters. The van der Waals surface area contributed by atoms with Crippen molar-refractivity contribution in [3.63, 3.8) is 0 Å². The zero-order valence-electron chi connectivity index (χ0n) is 26.0. The average Bonchev–Trinajstić information content (AvgIpc) is 3.07. The van der Waals surface area contributed by atoms with Crippen LogP contribution in [0.1, 0.15) is 85.5 Å². The molecule has 38 heavy (non-hydrogen) atoms. The first kappa shape index (κ1) is 17.9. The number of hydrogen-bond acceptors (Lipinski definition) is 1. The summed E-state index contributed by atoms with van der Waals surface area (Å²) in [6.45, 7) is 4.48. The van der Waals surface area contributed by atoms with E-state index in [1.807, 2.05) is 6.07 Å². The van der Waals surface area contributed by atoms with Crippen LogP contribution in [0.5, 0.6) is 0 Å². The Labute approximate surface area is 230 Å². The summed E-state index contributed by atoms with van der Waals surface area (Å²) in [6.07, 6.45) is 8.22. The molecule has 0 N–H and O–H groups in total. The highest BCUT2D eigenvalue weighted by Crippen LogP contribution is 2.57. The van der Waals surface area contributed by atoms with E-state index in [2.05, 4.69) is 56.4 Å². The van der Waals surface area contributed by atoms with Gasteiger partial charge < -0.3 is 0 Å². The topological polar surface area (TPSA) is 12.9 Å². The molecule has 4 bridgehead atoms. The van der Waals surface area contributed by atoms with Crippen LogP contribution in [0.25, 0.3) is 43.9 Å². The molecule has 0 spiro atoms. The monoisotopic (exact) mass is 495 g/mol. The zero-order chi connectivity index (χ0) is 28.7. The number of rotatable bonds is 1. The van der Waals surface area contributed by atoms with Gasteiger partial charge in [-0.05, 0) is 112 Å². The van der Waals surface area contributed by atoms with Crippen molar-refractivity contribution in [2.45, 2.75) is 63.2 Å². The molecule has 2 unspecified atom stereocenters. The van der Waals surface area contributed by atoms with E-state index in [0.29, 0.717) is 22.8 Å². The first-order valence-electron chi connectivity index (χ1n) is 16.3. The van der Waals surface area contributed by atoms with Gasteiger partial charge in [-0.2, -0.15) is 0 Å². The first-order chi connectivity index (χ1) is 20.2. The number of benzene rings is 4. The smallest absolute Gasteiger partial charge is 0.0783 e. The van der Waals surface area contributed by atoms with Crippen LogP contribution in [0.2, 0.25) is 0 Å². The van der Waals surface area contributed by atoms with Crippen LogP contribution in [0.4, 0.5) is 0 Å². The van der Waals surface area contributed by atoms with Crippen LogP contribution >= 0.6 is 0 Å². The van der Waals surface area contributed by atoms with Gasteiger partial charge in [0.1, 0.15) is 0 Å². The van der Waals surface area contributed by atoms with Crippen molar-refractivity contribution >= 4 is 21.7 Å². The van der Waals surface area contributed by atoms with Gasteiger partial charge in [-0.1, -0.05) is 80.5 Å². The van der Waals surface area contributed by atoms with E-state index < -0.39 is 0 Å². The van der Waals surface area contributed by atoms with E-state index >= 15 is 0 Å². The van der Waals surface area contributed by atoms with Gasteiger partial charge in [0.05, 0.1) is 11.0 Å². The summed E-state index contributed by atoms with van der Waals surface area (Å²) in [4.78, 5) is 5.03. The predicted octanol–water partition coefficient (Wildman–Crippen LogP) is 9.75. The number of nitrogens with zero attached hydrogens (tertiary/aromatic N) is 1. The van der Waals surface area contributed by atoms with Crippen molar-refractivity contribution in [3.8, 4) is 22.3 Å². The summed E-state index contributed by atoms with van der Waals surface area (Å²) in [7, 11) is 0. The van der Waals surface area contributed by atoms with Gasteiger partial charge in [-0.3, -0.25) is 4.98 Å². The lowest BCUT2D eigenvalue weighted by atomic mass is 9.67. The largest absolute Gasteiger partial charge is 0.255 e. The van der Waals surface area contributed by atoms with Crippen LogP contribution in [0.15, 0.2) is 78.9 Å². The molecule has 1 nitrogen and oxygen atoms in total. The van der Waals surface area contributed by atoms with Crippen molar-refractivity contribution in [2.75, 3.05) is 0 Å². The van der Waals surface area contributed by atoms with Crippen LogP contribution in [-0.4, -0.2) is 4.98 Å². The number of fused-ring (bicyclic) bond motifs is 6. The Hall–Kier alpha value is -3.45. The Morgan fingerprint density at radius 1 is 0.737 bits per heavy atom. The van der Waals surface area contributed by atoms with E-state index in [4.69, 9.17) is 7.73 Å². The molecule has 10 rings (SSSR count). The number of hydrogen-bond donors (Lipinski definition) is 0. The lowest BCUT2D eigenvalue weighted by Gasteiger charge is -2.38. The Morgan fingerprint density at radius 2 is 1.50 bits per heavy atom. The highest BCUT2D eigenvalue weighted by Gasteiger charge is 2.43. The minimum Gasteiger partial charge on any atom is -0.255 e. The van der Waals surface area contributed by atoms with E-state index in [1.165, 1.54) is 65.5 Å². The second-order valence-corrected chi connectivity index (χ2v) is 12.9. The van der Waals surface area contributed by atoms with E-state index in [-0.39, 0.29) is 29.6 Å². The maximum absolute atomic E-state index is 9.42. The molecule has 2 fully saturated rings. The number of aromatic nitrogens is 1. The fourth-order valence-electron chi connectivity index (χ4n) is 8.94. The van der Waals surface area contributed by atoms with Crippen molar-refractivity contribution in [1.29, 1.82) is 0 Å². The summed E-state index contributed by atoms with van der Waals surface area (Å²) in [5.74, 6) is 2.45. The fourth-order valence-corrected chi connectivity index (χ4v) is 8.94. The van der Waals surface area contributed by atoms with Gasteiger partial charge in [0.15, 0.2) is 0 Å². The third-order valence-electron chi connectivity index (χ3n) is 10.5. The van der Waals surface area contributed by atoms with E-state index in [1.54, 1.807) is 6.07 Å². The van der Waals surface area contributed by atoms with Crippen LogP contribution < -0.4 is 0 Å². The molecule has 0 radical (unpaired) electrons. The van der Waals surface area contributed by atoms with Crippen LogP contribution in [-0.2, 0) is 5.41 Å². The van der Waals surface area contributed by atoms with Crippen molar-refractivity contribution < 1.29 is 5.48 Å². The van der Waals surface area contributed by atoms with Crippen molar-refractivity contribution in [1.82, 2.24) is 4.98 Å². The predicted molar refractivity (Wildman–Crippen MR) is 158 cm³/mol. The lowest BCUT2D eigenvalue weighted by Crippen LogP contribution is -2.25. The summed E-state index contributed by atoms with van der Waals surface area (Å²) < 4.78 is 36.8. The van der Waals surface area contributed by atoms with Gasteiger partial charge >= 0.3 is 0 Å². The molecule has 186 valence electrons. The summed E-state index contributed by atoms with van der Waals surface area (Å²) in [6, 6.07) is 17.2. The molecule has 2 saturated carbocycles. The lowest BCUT2D eigenvalue weighted by molar-refractivity contribution is 0.166. The maximum Gasteiger partial charge on any atom is 0.0783 e. The summed E-state index contributed by atoms with van der Waals surface area (Å²) >= 11 is 0. The molecular formula is C37H33N. The Kier molecular flexibility index (Phi) is 3.47. The van der Waals surface area contributed by atoms with Gasteiger partial charge in [-0.25, -0.2) is 0 Å². The molecule has 0 amide bonds. The van der Waals surface area contributed by atoms with E-state index in [0.717, 1.165) is 33.7 Å². The fraction of sp³-hybridized carbons (Fsp3) is 0.324. The van der Waals surface area contributed by atoms with Crippen molar-refractivity contribution in [3.05, 3.63) is 101 Å². The maximum atomic E-state index is 9.42. The molecule has 1 heterocycles. The second kappa shape index (κ2) is 7.35. The van der Waals surface area contributed by atoms with Crippen LogP contribution in [0.3, 0.4) is 0 Å². The minimum absolute atomic E-state index is 0.105. The second-order valence-electron chi connectivity index (χ2n) is 12.9. The van der Waals surface area contributed by atoms with Crippen LogP contribution in [0, 0.1) is 11.8 Å². The third kappa shape index (κ3) is 2.75. The summed E-state index contributed by atoms with van der Waals surface area (Å²) in [5, 5.41) is 2.14. The van der Waals surface area contributed by atoms with Crippen molar-refractivity contribution in [2.24, 2.45) is 11.8 Å². The molecule has 5 aliphatic carbocycles. The molecule has 1 aromatic heterocycles.